The van der Waals surface area contributed by atoms with Crippen LogP contribution in [-0.4, -0.2) is 33.7 Å². The quantitative estimate of drug-likeness (QED) is 0.109. The van der Waals surface area contributed by atoms with Gasteiger partial charge in [-0.1, -0.05) is 146 Å². The van der Waals surface area contributed by atoms with E-state index in [1.165, 1.54) is 0 Å². The number of phenolic OH excluding ortho intramolecular Hbond substituents is 2. The van der Waals surface area contributed by atoms with Crippen molar-refractivity contribution in [3.8, 4) is 33.8 Å². The summed E-state index contributed by atoms with van der Waals surface area (Å²) in [5.41, 5.74) is 7.41. The van der Waals surface area contributed by atoms with Gasteiger partial charge in [0.05, 0.1) is 13.1 Å². The van der Waals surface area contributed by atoms with Crippen molar-refractivity contribution in [2.24, 2.45) is 9.98 Å². The maximum absolute atomic E-state index is 10.4. The number of aliphatic carboxylic acids is 1. The van der Waals surface area contributed by atoms with E-state index in [0.29, 0.717) is 13.1 Å². The standard InChI is InChI=1S/2C20H17NO.C2H4O2.Mn/c2*22-20-18(15-21-14-16-8-3-1-4-9-16)12-7-13-19(20)17-10-5-2-6-11-17;1-2(3)4;/h2*1-13,15,22H,14H2;1H3,(H,3,4);. The third-order valence-electron chi connectivity index (χ3n) is 7.00. The zero-order valence-electron chi connectivity index (χ0n) is 27.1. The molecule has 49 heavy (non-hydrogen) atoms. The van der Waals surface area contributed by atoms with Crippen molar-refractivity contribution >= 4 is 18.4 Å². The number of carboxylic acid groups (broad SMARTS) is 1. The fraction of sp³-hybridized carbons (Fsp3) is 0.0714. The summed E-state index contributed by atoms with van der Waals surface area (Å²) in [5.74, 6) is -0.295. The van der Waals surface area contributed by atoms with Crippen LogP contribution in [0.5, 0.6) is 11.5 Å². The average Bonchev–Trinajstić information content (AvgIpc) is 3.11. The largest absolute Gasteiger partial charge is 0.507 e. The van der Waals surface area contributed by atoms with Gasteiger partial charge in [-0.15, -0.1) is 0 Å². The normalized spacial score (nSPS) is 10.3. The molecule has 0 heterocycles. The zero-order valence-corrected chi connectivity index (χ0v) is 28.3. The zero-order chi connectivity index (χ0) is 34.0. The molecule has 0 saturated heterocycles. The predicted molar refractivity (Wildman–Crippen MR) is 196 cm³/mol. The predicted octanol–water partition coefficient (Wildman–Crippen LogP) is 9.45. The SMILES string of the molecule is CC(=O)O.Oc1c(C=NCc2ccccc2)cccc1-c1ccccc1.Oc1c(C=NCc2ccccc2)cccc1-c1ccccc1.[Mn]. The van der Waals surface area contributed by atoms with Gasteiger partial charge >= 0.3 is 0 Å². The van der Waals surface area contributed by atoms with Crippen molar-refractivity contribution in [3.63, 3.8) is 0 Å². The maximum atomic E-state index is 10.4. The summed E-state index contributed by atoms with van der Waals surface area (Å²) in [6.45, 7) is 2.30. The van der Waals surface area contributed by atoms with E-state index in [0.717, 1.165) is 51.4 Å². The van der Waals surface area contributed by atoms with Crippen LogP contribution < -0.4 is 0 Å². The first-order valence-corrected chi connectivity index (χ1v) is 15.4. The third kappa shape index (κ3) is 12.4. The maximum Gasteiger partial charge on any atom is 0.300 e. The number of hydrogen-bond donors (Lipinski definition) is 3. The minimum atomic E-state index is -0.833. The van der Waals surface area contributed by atoms with Crippen LogP contribution in [0.1, 0.15) is 29.2 Å². The molecule has 6 nitrogen and oxygen atoms in total. The molecule has 0 aliphatic heterocycles. The number of carbonyl (C=O) groups is 1. The molecule has 247 valence electrons. The monoisotopic (exact) mass is 689 g/mol. The van der Waals surface area contributed by atoms with Crippen LogP contribution in [0.15, 0.2) is 168 Å². The number of nitrogens with zero attached hydrogens (tertiary/aromatic N) is 2. The Morgan fingerprint density at radius 1 is 0.510 bits per heavy atom. The molecule has 6 aromatic carbocycles. The summed E-state index contributed by atoms with van der Waals surface area (Å²) in [5, 5.41) is 28.3. The molecular formula is C42H38MnN2O4. The molecule has 0 fully saturated rings. The van der Waals surface area contributed by atoms with Crippen LogP contribution in [-0.2, 0) is 35.0 Å². The Hall–Kier alpha value is -5.75. The number of para-hydroxylation sites is 2. The number of phenols is 2. The summed E-state index contributed by atoms with van der Waals surface area (Å²) >= 11 is 0. The number of aromatic hydroxyl groups is 2. The number of hydrogen-bond acceptors (Lipinski definition) is 5. The molecule has 6 rings (SSSR count). The molecule has 7 heteroatoms. The molecule has 0 saturated carbocycles. The van der Waals surface area contributed by atoms with Gasteiger partial charge in [0.1, 0.15) is 11.5 Å². The van der Waals surface area contributed by atoms with Gasteiger partial charge in [-0.05, 0) is 34.4 Å². The van der Waals surface area contributed by atoms with E-state index in [4.69, 9.17) is 9.90 Å². The smallest absolute Gasteiger partial charge is 0.300 e. The van der Waals surface area contributed by atoms with Crippen molar-refractivity contribution in [2.75, 3.05) is 0 Å². The molecule has 0 aliphatic carbocycles. The first kappa shape index (κ1) is 37.7. The molecule has 3 N–H and O–H groups in total. The molecule has 0 amide bonds. The van der Waals surface area contributed by atoms with Gasteiger partial charge < -0.3 is 15.3 Å². The van der Waals surface area contributed by atoms with Gasteiger partial charge in [-0.3, -0.25) is 14.8 Å². The van der Waals surface area contributed by atoms with E-state index >= 15 is 0 Å². The second-order valence-corrected chi connectivity index (χ2v) is 10.6. The molecule has 0 aliphatic rings. The van der Waals surface area contributed by atoms with Gasteiger partial charge in [0.25, 0.3) is 5.97 Å². The second kappa shape index (κ2) is 20.5. The van der Waals surface area contributed by atoms with Gasteiger partial charge in [0, 0.05) is 58.7 Å². The summed E-state index contributed by atoms with van der Waals surface area (Å²) in [6, 6.07) is 51.3. The summed E-state index contributed by atoms with van der Waals surface area (Å²) < 4.78 is 0. The van der Waals surface area contributed by atoms with Gasteiger partial charge in [0.2, 0.25) is 0 Å². The van der Waals surface area contributed by atoms with Crippen LogP contribution in [0.4, 0.5) is 0 Å². The molecule has 6 aromatic rings. The van der Waals surface area contributed by atoms with E-state index < -0.39 is 5.97 Å². The fourth-order valence-electron chi connectivity index (χ4n) is 4.70. The van der Waals surface area contributed by atoms with E-state index in [9.17, 15) is 10.2 Å². The third-order valence-corrected chi connectivity index (χ3v) is 7.00. The van der Waals surface area contributed by atoms with Crippen molar-refractivity contribution in [1.29, 1.82) is 0 Å². The van der Waals surface area contributed by atoms with Crippen molar-refractivity contribution < 1.29 is 37.2 Å². The van der Waals surface area contributed by atoms with Gasteiger partial charge in [-0.25, -0.2) is 0 Å². The molecule has 0 bridgehead atoms. The Kier molecular flexibility index (Phi) is 15.8. The molecule has 0 atom stereocenters. The first-order chi connectivity index (χ1) is 23.4. The number of rotatable bonds is 8. The van der Waals surface area contributed by atoms with Crippen molar-refractivity contribution in [1.82, 2.24) is 0 Å². The summed E-state index contributed by atoms with van der Waals surface area (Å²) in [7, 11) is 0. The number of aliphatic imine (C=N–C) groups is 2. The minimum Gasteiger partial charge on any atom is -0.507 e. The Balaban J connectivity index is 0.000000235. The van der Waals surface area contributed by atoms with Crippen molar-refractivity contribution in [2.45, 2.75) is 20.0 Å². The van der Waals surface area contributed by atoms with E-state index in [-0.39, 0.29) is 28.6 Å². The molecule has 1 radical (unpaired) electrons. The van der Waals surface area contributed by atoms with Crippen LogP contribution in [0.25, 0.3) is 22.3 Å². The molecule has 0 spiro atoms. The number of carboxylic acids is 1. The Bertz CT molecular complexity index is 1780. The van der Waals surface area contributed by atoms with Gasteiger partial charge in [-0.2, -0.15) is 0 Å². The van der Waals surface area contributed by atoms with Crippen LogP contribution in [0.3, 0.4) is 0 Å². The molecular weight excluding hydrogens is 651 g/mol. The first-order valence-electron chi connectivity index (χ1n) is 15.4. The second-order valence-electron chi connectivity index (χ2n) is 10.6. The van der Waals surface area contributed by atoms with Crippen molar-refractivity contribution in [3.05, 3.63) is 180 Å². The Morgan fingerprint density at radius 2 is 0.816 bits per heavy atom. The van der Waals surface area contributed by atoms with E-state index in [2.05, 4.69) is 9.98 Å². The Morgan fingerprint density at radius 3 is 1.14 bits per heavy atom. The van der Waals surface area contributed by atoms with Crippen LogP contribution in [0, 0.1) is 0 Å². The Labute approximate surface area is 298 Å². The molecule has 0 unspecified atom stereocenters. The number of benzene rings is 6. The van der Waals surface area contributed by atoms with E-state index in [1.807, 2.05) is 158 Å². The van der Waals surface area contributed by atoms with Gasteiger partial charge in [0.15, 0.2) is 0 Å². The fourth-order valence-corrected chi connectivity index (χ4v) is 4.70. The summed E-state index contributed by atoms with van der Waals surface area (Å²) in [4.78, 5) is 17.8. The summed E-state index contributed by atoms with van der Waals surface area (Å²) in [6.07, 6.45) is 3.46. The average molecular weight is 690 g/mol. The van der Waals surface area contributed by atoms with Crippen LogP contribution in [0.2, 0.25) is 0 Å². The van der Waals surface area contributed by atoms with Crippen LogP contribution >= 0.6 is 0 Å². The molecule has 0 aromatic heterocycles. The minimum absolute atomic E-state index is 0. The van der Waals surface area contributed by atoms with E-state index in [1.54, 1.807) is 12.4 Å². The topological polar surface area (TPSA) is 102 Å².